The molecule has 135 heavy (non-hydrogen) atoms. The lowest BCUT2D eigenvalue weighted by atomic mass is 10.0. The number of carbonyl (C=O) groups excluding carboxylic acids is 2. The van der Waals surface area contributed by atoms with Gasteiger partial charge in [0.1, 0.15) is 24.4 Å². The predicted molar refractivity (Wildman–Crippen MR) is 533 cm³/mol. The summed E-state index contributed by atoms with van der Waals surface area (Å²) in [6.07, 6.45) is 69.3. The molecule has 0 radical (unpaired) electrons. The highest BCUT2D eigenvalue weighted by Crippen LogP contribution is 2.21. The van der Waals surface area contributed by atoms with Crippen LogP contribution in [0.15, 0.2) is 24.3 Å². The standard InChI is InChI=1S/C22H40O6.C22H38O6.C18H36O3.C18H34O3.C6H14N2O2.C5H14N2.C4H6O4.C4H10O2.C3H6O3/c2*1-2-3-4-11-14-19(28-22(27)18-17-21(25)26)15-12-9-7-5-6-8-10-13-16-20(23)24;2*1-2-3-4-11-14-17(19)15-12-9-7-5-6-8-10-13-16-18(20)21;7-4-2-1-3-5(8)6(9)10;6-4-2-1-3-5-7;5-3(6)1-2-4(7)8;5-3-1-2-4-6;1-2(4)3(5)6/h19H,2-18H2,1H3,(H,23,24)(H,25,26);9,12,19H,2-8,10-11,13-18H2,1H3,(H,23,24)(H,25,26);17,19H,2-16H2,1H3,(H,20,21);9,12,17,19H,2-8,10-11,13-16H2,1H3,(H,20,21);5H,1-4,7-8H2,(H,9,10);1-7H2;1-2H2,(H,5,6)(H,7,8);5-6H,1-4H2;2,4H,1H3,(H,5,6)/b;12-9-;;12-9-;;;;;/t2*19-;2*17-;5-;;;;/m11110..../s1. The topological polar surface area (TPSA) is 631 Å². The van der Waals surface area contributed by atoms with Gasteiger partial charge in [-0.25, -0.2) is 4.79 Å². The highest BCUT2D eigenvalue weighted by Gasteiger charge is 2.18. The maximum Gasteiger partial charge on any atom is 0.332 e. The van der Waals surface area contributed by atoms with Crippen LogP contribution in [0.4, 0.5) is 0 Å². The molecule has 33 nitrogen and oxygen atoms in total. The van der Waals surface area contributed by atoms with Crippen LogP contribution in [0.2, 0.25) is 0 Å². The Kier molecular flexibility index (Phi) is 132. The van der Waals surface area contributed by atoms with Crippen LogP contribution in [0.25, 0.3) is 0 Å². The molecule has 0 aliphatic carbocycles. The second kappa shape index (κ2) is 123. The summed E-state index contributed by atoms with van der Waals surface area (Å²) in [4.78, 5) is 125. The zero-order chi connectivity index (χ0) is 104. The fraction of sp³-hybridized carbons (Fsp3) is 0.843. The van der Waals surface area contributed by atoms with E-state index in [0.29, 0.717) is 32.2 Å². The van der Waals surface area contributed by atoms with Crippen molar-refractivity contribution in [3.8, 4) is 0 Å². The average molecular weight is 1940 g/mol. The summed E-state index contributed by atoms with van der Waals surface area (Å²) in [5, 5.41) is 127. The number of allylic oxidation sites excluding steroid dienone is 2. The molecule has 0 aromatic heterocycles. The molecule has 0 aromatic rings. The van der Waals surface area contributed by atoms with E-state index in [1.54, 1.807) is 0 Å². The molecular formula is C102H198N4O29. The Hall–Kier alpha value is -7.24. The van der Waals surface area contributed by atoms with Crippen LogP contribution in [-0.4, -0.2) is 218 Å². The van der Waals surface area contributed by atoms with Crippen molar-refractivity contribution < 1.29 is 144 Å². The molecule has 6 atom stereocenters. The third kappa shape index (κ3) is 158. The predicted octanol–water partition coefficient (Wildman–Crippen LogP) is 20.3. The molecule has 0 fully saturated rings. The van der Waals surface area contributed by atoms with Crippen LogP contribution in [0.1, 0.15) is 484 Å². The maximum absolute atomic E-state index is 11.8. The molecule has 0 aliphatic heterocycles. The number of carboxylic acid groups (broad SMARTS) is 10. The van der Waals surface area contributed by atoms with Crippen molar-refractivity contribution in [2.24, 2.45) is 22.9 Å². The summed E-state index contributed by atoms with van der Waals surface area (Å²) in [6, 6.07) is -0.716. The van der Waals surface area contributed by atoms with Gasteiger partial charge in [-0.15, -0.1) is 0 Å². The zero-order valence-corrected chi connectivity index (χ0v) is 84.5. The van der Waals surface area contributed by atoms with E-state index in [-0.39, 0.29) is 89.0 Å². The van der Waals surface area contributed by atoms with E-state index >= 15 is 0 Å². The smallest absolute Gasteiger partial charge is 0.332 e. The van der Waals surface area contributed by atoms with Crippen molar-refractivity contribution >= 4 is 71.6 Å². The largest absolute Gasteiger partial charge is 0.481 e. The van der Waals surface area contributed by atoms with E-state index in [2.05, 4.69) is 52.0 Å². The monoisotopic (exact) mass is 1940 g/mol. The molecular weight excluding hydrogens is 1750 g/mol. The molecule has 0 spiro atoms. The highest BCUT2D eigenvalue weighted by atomic mass is 16.5. The summed E-state index contributed by atoms with van der Waals surface area (Å²) in [5.41, 5.74) is 20.9. The van der Waals surface area contributed by atoms with Gasteiger partial charge in [-0.05, 0) is 181 Å². The summed E-state index contributed by atoms with van der Waals surface area (Å²) in [7, 11) is 0. The van der Waals surface area contributed by atoms with E-state index in [0.717, 1.165) is 283 Å². The molecule has 1 unspecified atom stereocenters. The normalized spacial score (nSPS) is 11.9. The lowest BCUT2D eigenvalue weighted by molar-refractivity contribution is -0.152. The van der Waals surface area contributed by atoms with Crippen LogP contribution < -0.4 is 22.9 Å². The summed E-state index contributed by atoms with van der Waals surface area (Å²) in [6.45, 7) is 12.5. The molecule has 0 heterocycles. The van der Waals surface area contributed by atoms with Gasteiger partial charge in [0.05, 0.1) is 50.7 Å². The van der Waals surface area contributed by atoms with Crippen LogP contribution in [-0.2, 0) is 67.0 Å². The molecule has 23 N–H and O–H groups in total. The molecule has 800 valence electrons. The van der Waals surface area contributed by atoms with Gasteiger partial charge in [0.15, 0.2) is 0 Å². The fourth-order valence-electron chi connectivity index (χ4n) is 12.7. The first kappa shape index (κ1) is 146. The van der Waals surface area contributed by atoms with Crippen molar-refractivity contribution in [1.82, 2.24) is 0 Å². The van der Waals surface area contributed by atoms with E-state index in [4.69, 9.17) is 98.8 Å². The Morgan fingerprint density at radius 3 is 0.763 bits per heavy atom. The minimum Gasteiger partial charge on any atom is -0.481 e. The minimum absolute atomic E-state index is 0.0529. The molecule has 0 saturated carbocycles. The number of hydrogen-bond donors (Lipinski definition) is 19. The first-order chi connectivity index (χ1) is 64.5. The summed E-state index contributed by atoms with van der Waals surface area (Å²) in [5.74, 6) is -9.87. The van der Waals surface area contributed by atoms with Gasteiger partial charge in [-0.1, -0.05) is 277 Å². The Morgan fingerprint density at radius 2 is 0.481 bits per heavy atom. The quantitative estimate of drug-likeness (QED) is 0.0153. The summed E-state index contributed by atoms with van der Waals surface area (Å²) < 4.78 is 11.0. The molecule has 0 rings (SSSR count). The summed E-state index contributed by atoms with van der Waals surface area (Å²) >= 11 is 0. The van der Waals surface area contributed by atoms with Crippen molar-refractivity contribution in [2.45, 2.75) is 521 Å². The maximum atomic E-state index is 11.8. The SMILES string of the molecule is CC(O)C(=O)O.CCCCCC[C@@H](O)C/C=C\CCCCCCCC(=O)O.CCCCCC[C@@H](O)CCCCCCCCCCC(=O)O.CCCCCC[C@H](C/C=C\CCCCCCCC(=O)O)OC(=O)CCC(=O)O.CCCCCC[C@H](CCCCCCCCCCC(=O)O)OC(=O)CCC(=O)O.NCCCCCN.NCCCC[C@H](N)C(=O)O.O=C(O)CCC(=O)O.OCCCCO. The number of carboxylic acids is 10. The van der Waals surface area contributed by atoms with Gasteiger partial charge in [-0.3, -0.25) is 52.7 Å². The zero-order valence-electron chi connectivity index (χ0n) is 84.5. The molecule has 0 amide bonds. The van der Waals surface area contributed by atoms with Crippen LogP contribution in [0, 0.1) is 0 Å². The Balaban J connectivity index is -0.000000199. The average Bonchev–Trinajstić information content (AvgIpc) is 0.957. The first-order valence-electron chi connectivity index (χ1n) is 51.5. The second-order valence-corrected chi connectivity index (χ2v) is 34.4. The molecule has 0 aliphatic rings. The number of aliphatic hydroxyl groups excluding tert-OH is 5. The number of aliphatic carboxylic acids is 10. The van der Waals surface area contributed by atoms with Gasteiger partial charge in [0.2, 0.25) is 0 Å². The Morgan fingerprint density at radius 1 is 0.252 bits per heavy atom. The van der Waals surface area contributed by atoms with Gasteiger partial charge in [-0.2, -0.15) is 0 Å². The van der Waals surface area contributed by atoms with Crippen molar-refractivity contribution in [3.63, 3.8) is 0 Å². The number of hydrogen-bond acceptors (Lipinski definition) is 23. The van der Waals surface area contributed by atoms with E-state index in [9.17, 15) is 67.7 Å². The van der Waals surface area contributed by atoms with E-state index in [1.807, 2.05) is 0 Å². The van der Waals surface area contributed by atoms with E-state index < -0.39 is 83.8 Å². The number of aliphatic hydroxyl groups is 5. The van der Waals surface area contributed by atoms with Crippen LogP contribution in [0.3, 0.4) is 0 Å². The number of ether oxygens (including phenoxy) is 2. The molecule has 0 bridgehead atoms. The fourth-order valence-corrected chi connectivity index (χ4v) is 12.7. The van der Waals surface area contributed by atoms with Crippen molar-refractivity contribution in [2.75, 3.05) is 32.8 Å². The molecule has 33 heteroatoms. The van der Waals surface area contributed by atoms with Gasteiger partial charge in [0.25, 0.3) is 0 Å². The first-order valence-corrected chi connectivity index (χ1v) is 51.5. The Labute approximate surface area is 812 Å². The van der Waals surface area contributed by atoms with Gasteiger partial charge < -0.3 is 109 Å². The minimum atomic E-state index is -1.23. The van der Waals surface area contributed by atoms with Crippen molar-refractivity contribution in [3.05, 3.63) is 24.3 Å². The number of rotatable bonds is 86. The Bertz CT molecular complexity index is 2690. The van der Waals surface area contributed by atoms with Gasteiger partial charge >= 0.3 is 71.6 Å². The molecule has 0 saturated heterocycles. The highest BCUT2D eigenvalue weighted by molar-refractivity contribution is 5.77. The van der Waals surface area contributed by atoms with E-state index in [1.165, 1.54) is 110 Å². The third-order valence-electron chi connectivity index (χ3n) is 20.9. The van der Waals surface area contributed by atoms with Crippen LogP contribution >= 0.6 is 0 Å². The van der Waals surface area contributed by atoms with Crippen molar-refractivity contribution in [1.29, 1.82) is 0 Å². The van der Waals surface area contributed by atoms with Crippen LogP contribution in [0.5, 0.6) is 0 Å². The lowest BCUT2D eigenvalue weighted by Crippen LogP contribution is -2.29. The number of nitrogens with two attached hydrogens (primary N) is 4. The second-order valence-electron chi connectivity index (χ2n) is 34.4. The number of unbranched alkanes of at least 4 members (excludes halogenated alkanes) is 40. The number of carbonyl (C=O) groups is 12. The number of esters is 2. The molecule has 0 aromatic carbocycles. The lowest BCUT2D eigenvalue weighted by Gasteiger charge is -2.18. The third-order valence-corrected chi connectivity index (χ3v) is 20.9. The van der Waals surface area contributed by atoms with Gasteiger partial charge in [0, 0.05) is 45.3 Å².